The van der Waals surface area contributed by atoms with Crippen LogP contribution in [0.4, 0.5) is 4.39 Å². The van der Waals surface area contributed by atoms with Crippen molar-refractivity contribution in [1.82, 2.24) is 10.2 Å². The first kappa shape index (κ1) is 19.9. The van der Waals surface area contributed by atoms with Crippen molar-refractivity contribution in [2.45, 2.75) is 45.8 Å². The number of nitrogens with zero attached hydrogens (tertiary/aromatic N) is 1. The van der Waals surface area contributed by atoms with Gasteiger partial charge in [0.2, 0.25) is 0 Å². The van der Waals surface area contributed by atoms with Gasteiger partial charge in [0.15, 0.2) is 6.10 Å². The molecule has 1 aliphatic rings. The van der Waals surface area contributed by atoms with Crippen LogP contribution >= 0.6 is 0 Å². The van der Waals surface area contributed by atoms with Gasteiger partial charge in [-0.2, -0.15) is 0 Å². The van der Waals surface area contributed by atoms with E-state index in [9.17, 15) is 18.8 Å². The monoisotopic (exact) mass is 364 g/mol. The molecule has 1 fully saturated rings. The molecule has 1 aromatic rings. The van der Waals surface area contributed by atoms with Gasteiger partial charge in [0.25, 0.3) is 11.8 Å². The molecular weight excluding hydrogens is 339 g/mol. The molecule has 1 N–H and O–H groups in total. The second-order valence-corrected chi connectivity index (χ2v) is 6.81. The van der Waals surface area contributed by atoms with Crippen molar-refractivity contribution in [3.63, 3.8) is 0 Å². The predicted molar refractivity (Wildman–Crippen MR) is 93.9 cm³/mol. The van der Waals surface area contributed by atoms with E-state index in [1.54, 1.807) is 18.7 Å². The number of likely N-dealkylation sites (tertiary alicyclic amines) is 1. The van der Waals surface area contributed by atoms with Crippen LogP contribution < -0.4 is 5.32 Å². The van der Waals surface area contributed by atoms with Crippen molar-refractivity contribution in [3.05, 3.63) is 35.6 Å². The van der Waals surface area contributed by atoms with Gasteiger partial charge in [-0.25, -0.2) is 9.18 Å². The van der Waals surface area contributed by atoms with Gasteiger partial charge in [0.1, 0.15) is 11.9 Å². The molecule has 0 saturated carbocycles. The van der Waals surface area contributed by atoms with Crippen molar-refractivity contribution in [1.29, 1.82) is 0 Å². The van der Waals surface area contributed by atoms with Gasteiger partial charge in [-0.05, 0) is 49.9 Å². The van der Waals surface area contributed by atoms with E-state index in [1.807, 2.05) is 0 Å². The van der Waals surface area contributed by atoms with E-state index in [4.69, 9.17) is 4.74 Å². The molecular formula is C19H25FN2O4. The standard InChI is InChI=1S/C19H25FN2O4/c1-12(2)16(21-17(23)14-6-8-15(20)9-7-14)19(25)26-13(3)18(24)22-10-4-5-11-22/h6-9,12-13,16H,4-5,10-11H2,1-3H3,(H,21,23). The van der Waals surface area contributed by atoms with Crippen LogP contribution in [0.5, 0.6) is 0 Å². The molecule has 0 aliphatic carbocycles. The van der Waals surface area contributed by atoms with E-state index in [0.717, 1.165) is 12.8 Å². The van der Waals surface area contributed by atoms with Crippen molar-refractivity contribution in [3.8, 4) is 0 Å². The Balaban J connectivity index is 1.98. The van der Waals surface area contributed by atoms with Crippen molar-refractivity contribution < 1.29 is 23.5 Å². The van der Waals surface area contributed by atoms with Gasteiger partial charge in [-0.15, -0.1) is 0 Å². The average molecular weight is 364 g/mol. The Morgan fingerprint density at radius 1 is 1.08 bits per heavy atom. The van der Waals surface area contributed by atoms with Gasteiger partial charge in [-0.3, -0.25) is 9.59 Å². The lowest BCUT2D eigenvalue weighted by atomic mass is 10.0. The number of rotatable bonds is 6. The summed E-state index contributed by atoms with van der Waals surface area (Å²) in [7, 11) is 0. The molecule has 0 radical (unpaired) electrons. The highest BCUT2D eigenvalue weighted by atomic mass is 19.1. The summed E-state index contributed by atoms with van der Waals surface area (Å²) in [5, 5.41) is 2.60. The first-order valence-corrected chi connectivity index (χ1v) is 8.85. The molecule has 1 heterocycles. The van der Waals surface area contributed by atoms with E-state index in [1.165, 1.54) is 31.2 Å². The van der Waals surface area contributed by atoms with Gasteiger partial charge in [0, 0.05) is 18.7 Å². The molecule has 2 atom stereocenters. The molecule has 2 rings (SSSR count). The number of esters is 1. The maximum Gasteiger partial charge on any atom is 0.329 e. The summed E-state index contributed by atoms with van der Waals surface area (Å²) in [5.41, 5.74) is 0.242. The Labute approximate surface area is 152 Å². The molecule has 142 valence electrons. The third-order valence-electron chi connectivity index (χ3n) is 4.37. The number of ether oxygens (including phenoxy) is 1. The number of amides is 2. The van der Waals surface area contributed by atoms with Crippen LogP contribution in [0.15, 0.2) is 24.3 Å². The molecule has 0 spiro atoms. The van der Waals surface area contributed by atoms with Crippen molar-refractivity contribution >= 4 is 17.8 Å². The Hall–Kier alpha value is -2.44. The SMILES string of the molecule is CC(OC(=O)C(NC(=O)c1ccc(F)cc1)C(C)C)C(=O)N1CCCC1. The van der Waals surface area contributed by atoms with Crippen LogP contribution in [0.25, 0.3) is 0 Å². The first-order valence-electron chi connectivity index (χ1n) is 8.85. The van der Waals surface area contributed by atoms with E-state index in [2.05, 4.69) is 5.32 Å². The zero-order valence-electron chi connectivity index (χ0n) is 15.3. The molecule has 2 unspecified atom stereocenters. The Morgan fingerprint density at radius 2 is 1.65 bits per heavy atom. The summed E-state index contributed by atoms with van der Waals surface area (Å²) in [5.74, 6) is -2.06. The number of hydrogen-bond donors (Lipinski definition) is 1. The molecule has 0 bridgehead atoms. The summed E-state index contributed by atoms with van der Waals surface area (Å²) in [6, 6.07) is 4.13. The minimum Gasteiger partial charge on any atom is -0.451 e. The van der Waals surface area contributed by atoms with Crippen LogP contribution in [0.2, 0.25) is 0 Å². The summed E-state index contributed by atoms with van der Waals surface area (Å²) in [4.78, 5) is 38.7. The maximum atomic E-state index is 13.0. The minimum absolute atomic E-state index is 0.219. The Bertz CT molecular complexity index is 654. The first-order chi connectivity index (χ1) is 12.3. The van der Waals surface area contributed by atoms with E-state index in [0.29, 0.717) is 13.1 Å². The second-order valence-electron chi connectivity index (χ2n) is 6.81. The largest absolute Gasteiger partial charge is 0.451 e. The minimum atomic E-state index is -0.901. The van der Waals surface area contributed by atoms with E-state index < -0.39 is 29.8 Å². The van der Waals surface area contributed by atoms with Gasteiger partial charge >= 0.3 is 5.97 Å². The highest BCUT2D eigenvalue weighted by molar-refractivity contribution is 5.97. The van der Waals surface area contributed by atoms with Gasteiger partial charge in [-0.1, -0.05) is 13.8 Å². The van der Waals surface area contributed by atoms with Crippen molar-refractivity contribution in [2.24, 2.45) is 5.92 Å². The van der Waals surface area contributed by atoms with E-state index >= 15 is 0 Å². The lowest BCUT2D eigenvalue weighted by molar-refractivity contribution is -0.161. The van der Waals surface area contributed by atoms with Gasteiger partial charge < -0.3 is 15.0 Å². The van der Waals surface area contributed by atoms with Crippen LogP contribution in [0, 0.1) is 11.7 Å². The van der Waals surface area contributed by atoms with E-state index in [-0.39, 0.29) is 17.4 Å². The highest BCUT2D eigenvalue weighted by Gasteiger charge is 2.31. The van der Waals surface area contributed by atoms with Crippen molar-refractivity contribution in [2.75, 3.05) is 13.1 Å². The van der Waals surface area contributed by atoms with Crippen LogP contribution in [-0.4, -0.2) is 47.9 Å². The second kappa shape index (κ2) is 8.78. The summed E-state index contributed by atoms with van der Waals surface area (Å²) >= 11 is 0. The molecule has 1 saturated heterocycles. The number of benzene rings is 1. The third-order valence-corrected chi connectivity index (χ3v) is 4.37. The zero-order chi connectivity index (χ0) is 19.3. The summed E-state index contributed by atoms with van der Waals surface area (Å²) in [6.07, 6.45) is 1.01. The Kier molecular flexibility index (Phi) is 6.71. The zero-order valence-corrected chi connectivity index (χ0v) is 15.3. The number of nitrogens with one attached hydrogen (secondary N) is 1. The lowest BCUT2D eigenvalue weighted by Gasteiger charge is -2.25. The average Bonchev–Trinajstić information content (AvgIpc) is 3.13. The number of carbonyl (C=O) groups excluding carboxylic acids is 3. The summed E-state index contributed by atoms with van der Waals surface area (Å²) < 4.78 is 18.3. The molecule has 2 amide bonds. The lowest BCUT2D eigenvalue weighted by Crippen LogP contribution is -2.48. The number of carbonyl (C=O) groups is 3. The quantitative estimate of drug-likeness (QED) is 0.785. The smallest absolute Gasteiger partial charge is 0.329 e. The predicted octanol–water partition coefficient (Wildman–Crippen LogP) is 2.13. The fraction of sp³-hybridized carbons (Fsp3) is 0.526. The molecule has 6 nitrogen and oxygen atoms in total. The van der Waals surface area contributed by atoms with Gasteiger partial charge in [0.05, 0.1) is 0 Å². The maximum absolute atomic E-state index is 13.0. The normalized spacial score (nSPS) is 16.3. The van der Waals surface area contributed by atoms with Crippen LogP contribution in [0.3, 0.4) is 0 Å². The number of hydrogen-bond acceptors (Lipinski definition) is 4. The number of halogens is 1. The molecule has 1 aromatic carbocycles. The Morgan fingerprint density at radius 3 is 2.19 bits per heavy atom. The molecule has 7 heteroatoms. The molecule has 1 aliphatic heterocycles. The highest BCUT2D eigenvalue weighted by Crippen LogP contribution is 2.13. The topological polar surface area (TPSA) is 75.7 Å². The summed E-state index contributed by atoms with van der Waals surface area (Å²) in [6.45, 7) is 6.43. The third kappa shape index (κ3) is 5.03. The van der Waals surface area contributed by atoms with Crippen LogP contribution in [-0.2, 0) is 14.3 Å². The molecule has 0 aromatic heterocycles. The molecule has 26 heavy (non-hydrogen) atoms. The fourth-order valence-electron chi connectivity index (χ4n) is 2.82. The fourth-order valence-corrected chi connectivity index (χ4v) is 2.82. The van der Waals surface area contributed by atoms with Crippen LogP contribution in [0.1, 0.15) is 44.0 Å².